The van der Waals surface area contributed by atoms with Gasteiger partial charge in [0.1, 0.15) is 0 Å². The molecule has 210 valence electrons. The highest BCUT2D eigenvalue weighted by Gasteiger charge is 2.30. The molecule has 40 heavy (non-hydrogen) atoms. The van der Waals surface area contributed by atoms with Crippen LogP contribution < -0.4 is 0 Å². The van der Waals surface area contributed by atoms with Crippen molar-refractivity contribution in [2.75, 3.05) is 0 Å². The number of carbonyl (C=O) groups is 2. The number of carboxylic acid groups (broad SMARTS) is 1. The number of halogens is 3. The zero-order valence-electron chi connectivity index (χ0n) is 22.6. The van der Waals surface area contributed by atoms with Crippen molar-refractivity contribution in [2.24, 2.45) is 0 Å². The molecule has 4 nitrogen and oxygen atoms in total. The summed E-state index contributed by atoms with van der Waals surface area (Å²) in [6.07, 6.45) is 4.23. The molecule has 0 unspecified atom stereocenters. The second kappa shape index (κ2) is 14.9. The lowest BCUT2D eigenvalue weighted by Gasteiger charge is -2.21. The highest BCUT2D eigenvalue weighted by Crippen LogP contribution is 2.29. The second-order valence-corrected chi connectivity index (χ2v) is 9.82. The summed E-state index contributed by atoms with van der Waals surface area (Å²) in [6, 6.07) is 19.7. The van der Waals surface area contributed by atoms with E-state index in [4.69, 9.17) is 0 Å². The normalized spacial score (nSPS) is 11.0. The molecule has 0 spiro atoms. The van der Waals surface area contributed by atoms with Crippen molar-refractivity contribution in [3.8, 4) is 11.8 Å². The van der Waals surface area contributed by atoms with Gasteiger partial charge in [-0.2, -0.15) is 13.2 Å². The van der Waals surface area contributed by atoms with Crippen LogP contribution in [0.4, 0.5) is 13.2 Å². The van der Waals surface area contributed by atoms with Gasteiger partial charge in [0, 0.05) is 24.2 Å². The third-order valence-electron chi connectivity index (χ3n) is 6.58. The summed E-state index contributed by atoms with van der Waals surface area (Å²) in [4.78, 5) is 24.7. The number of aryl methyl sites for hydroxylation is 1. The van der Waals surface area contributed by atoms with Gasteiger partial charge in [-0.1, -0.05) is 87.3 Å². The number of alkyl halides is 3. The van der Waals surface area contributed by atoms with E-state index in [2.05, 4.69) is 30.9 Å². The van der Waals surface area contributed by atoms with E-state index in [9.17, 15) is 27.9 Å². The highest BCUT2D eigenvalue weighted by atomic mass is 19.4. The number of amides is 1. The van der Waals surface area contributed by atoms with Crippen LogP contribution in [-0.2, 0) is 35.3 Å². The Labute approximate surface area is 233 Å². The van der Waals surface area contributed by atoms with Crippen LogP contribution in [0.3, 0.4) is 0 Å². The first-order valence-electron chi connectivity index (χ1n) is 13.5. The lowest BCUT2D eigenvalue weighted by molar-refractivity contribution is -0.156. The number of carboxylic acids is 1. The van der Waals surface area contributed by atoms with Gasteiger partial charge in [0.15, 0.2) is 0 Å². The Hall–Kier alpha value is -4.05. The molecule has 0 aliphatic heterocycles. The summed E-state index contributed by atoms with van der Waals surface area (Å²) >= 11 is 0. The van der Waals surface area contributed by atoms with Crippen molar-refractivity contribution in [1.29, 1.82) is 0 Å². The number of aliphatic carboxylic acids is 1. The molecule has 7 heteroatoms. The minimum absolute atomic E-state index is 0.0140. The van der Waals surface area contributed by atoms with E-state index in [0.29, 0.717) is 11.1 Å². The van der Waals surface area contributed by atoms with Crippen molar-refractivity contribution >= 4 is 11.9 Å². The monoisotopic (exact) mass is 549 g/mol. The van der Waals surface area contributed by atoms with Crippen LogP contribution in [0.25, 0.3) is 0 Å². The molecule has 1 amide bonds. The van der Waals surface area contributed by atoms with E-state index in [1.54, 1.807) is 24.3 Å². The molecule has 1 N–H and O–H groups in total. The molecule has 0 bridgehead atoms. The summed E-state index contributed by atoms with van der Waals surface area (Å²) in [5, 5.41) is 9.22. The molecular formula is C33H34F3NO3. The van der Waals surface area contributed by atoms with E-state index in [1.807, 2.05) is 12.1 Å². The molecule has 0 fully saturated rings. The predicted molar refractivity (Wildman–Crippen MR) is 149 cm³/mol. The van der Waals surface area contributed by atoms with Crippen molar-refractivity contribution < 1.29 is 27.9 Å². The molecule has 0 aliphatic carbocycles. The zero-order valence-corrected chi connectivity index (χ0v) is 22.6. The van der Waals surface area contributed by atoms with Crippen molar-refractivity contribution in [3.63, 3.8) is 0 Å². The van der Waals surface area contributed by atoms with E-state index in [-0.39, 0.29) is 13.1 Å². The van der Waals surface area contributed by atoms with Gasteiger partial charge >= 0.3 is 18.1 Å². The smallest absolute Gasteiger partial charge is 0.416 e. The number of benzene rings is 3. The fourth-order valence-corrected chi connectivity index (χ4v) is 4.28. The Morgan fingerprint density at radius 2 is 1.15 bits per heavy atom. The first-order chi connectivity index (χ1) is 19.2. The summed E-state index contributed by atoms with van der Waals surface area (Å²) in [7, 11) is 0. The molecule has 0 atom stereocenters. The van der Waals surface area contributed by atoms with E-state index in [1.165, 1.54) is 56.2 Å². The summed E-state index contributed by atoms with van der Waals surface area (Å²) in [5.41, 5.74) is 3.23. The Balaban J connectivity index is 1.58. The largest absolute Gasteiger partial charge is 0.474 e. The van der Waals surface area contributed by atoms with Gasteiger partial charge in [-0.15, -0.1) is 0 Å². The predicted octanol–water partition coefficient (Wildman–Crippen LogP) is 7.62. The second-order valence-electron chi connectivity index (χ2n) is 9.82. The molecule has 0 radical (unpaired) electrons. The number of carbonyl (C=O) groups excluding carboxylic acids is 1. The molecule has 3 aromatic rings. The topological polar surface area (TPSA) is 57.6 Å². The first-order valence-corrected chi connectivity index (χ1v) is 13.5. The summed E-state index contributed by atoms with van der Waals surface area (Å²) < 4.78 is 38.5. The van der Waals surface area contributed by atoms with Crippen LogP contribution >= 0.6 is 0 Å². The van der Waals surface area contributed by atoms with Crippen LogP contribution in [0.2, 0.25) is 0 Å². The van der Waals surface area contributed by atoms with Crippen molar-refractivity contribution in [3.05, 3.63) is 106 Å². The molecular weight excluding hydrogens is 515 g/mol. The molecule has 0 heterocycles. The number of hydrogen-bond donors (Lipinski definition) is 1. The van der Waals surface area contributed by atoms with Crippen LogP contribution in [0.1, 0.15) is 78.8 Å². The molecule has 3 aromatic carbocycles. The van der Waals surface area contributed by atoms with Crippen LogP contribution in [-0.4, -0.2) is 21.9 Å². The third-order valence-corrected chi connectivity index (χ3v) is 6.58. The van der Waals surface area contributed by atoms with Gasteiger partial charge in [-0.3, -0.25) is 4.79 Å². The SMILES string of the molecule is CCCCCCCCc1ccc(C#Cc2ccc(CN(Cc3ccc(C(F)(F)F)cc3)C(=O)C(=O)O)cc2)cc1. The van der Waals surface area contributed by atoms with Gasteiger partial charge in [0.2, 0.25) is 0 Å². The molecule has 0 saturated heterocycles. The molecule has 3 rings (SSSR count). The lowest BCUT2D eigenvalue weighted by Crippen LogP contribution is -2.35. The zero-order chi connectivity index (χ0) is 29.0. The van der Waals surface area contributed by atoms with Gasteiger partial charge in [0.25, 0.3) is 0 Å². The van der Waals surface area contributed by atoms with E-state index >= 15 is 0 Å². The van der Waals surface area contributed by atoms with E-state index in [0.717, 1.165) is 34.6 Å². The standard InChI is InChI=1S/C33H34F3NO3/c1-2-3-4-5-6-7-8-25-9-11-26(12-10-25)13-14-27-15-17-28(18-16-27)23-37(31(38)32(39)40)24-29-19-21-30(22-20-29)33(34,35)36/h9-12,15-22H,2-8,23-24H2,1H3,(H,39,40). The summed E-state index contributed by atoms with van der Waals surface area (Å²) in [6.45, 7) is 2.07. The molecule has 0 aliphatic rings. The van der Waals surface area contributed by atoms with Gasteiger partial charge in [-0.25, -0.2) is 4.79 Å². The van der Waals surface area contributed by atoms with Gasteiger partial charge < -0.3 is 10.0 Å². The maximum atomic E-state index is 12.8. The molecule has 0 saturated carbocycles. The fraction of sp³-hybridized carbons (Fsp3) is 0.333. The third kappa shape index (κ3) is 9.92. The average Bonchev–Trinajstić information content (AvgIpc) is 2.94. The van der Waals surface area contributed by atoms with Crippen LogP contribution in [0, 0.1) is 11.8 Å². The summed E-state index contributed by atoms with van der Waals surface area (Å²) in [5.74, 6) is 3.49. The quantitative estimate of drug-likeness (QED) is 0.152. The van der Waals surface area contributed by atoms with Crippen molar-refractivity contribution in [2.45, 2.75) is 71.1 Å². The number of unbranched alkanes of at least 4 members (excludes halogenated alkanes) is 5. The van der Waals surface area contributed by atoms with Gasteiger partial charge in [-0.05, 0) is 65.9 Å². The van der Waals surface area contributed by atoms with E-state index < -0.39 is 23.6 Å². The lowest BCUT2D eigenvalue weighted by atomic mass is 10.0. The maximum Gasteiger partial charge on any atom is 0.416 e. The average molecular weight is 550 g/mol. The highest BCUT2D eigenvalue weighted by molar-refractivity contribution is 6.31. The Bertz CT molecular complexity index is 1300. The number of rotatable bonds is 11. The molecule has 0 aromatic heterocycles. The minimum Gasteiger partial charge on any atom is -0.474 e. The fourth-order valence-electron chi connectivity index (χ4n) is 4.28. The first kappa shape index (κ1) is 30.5. The van der Waals surface area contributed by atoms with Crippen LogP contribution in [0.5, 0.6) is 0 Å². The maximum absolute atomic E-state index is 12.8. The number of nitrogens with zero attached hydrogens (tertiary/aromatic N) is 1. The van der Waals surface area contributed by atoms with Crippen LogP contribution in [0.15, 0.2) is 72.8 Å². The Morgan fingerprint density at radius 1 is 0.700 bits per heavy atom. The Kier molecular flexibility index (Phi) is 11.4. The van der Waals surface area contributed by atoms with Crippen molar-refractivity contribution in [1.82, 2.24) is 4.90 Å². The number of hydrogen-bond acceptors (Lipinski definition) is 2. The Morgan fingerprint density at radius 3 is 1.62 bits per heavy atom. The van der Waals surface area contributed by atoms with Gasteiger partial charge in [0.05, 0.1) is 5.56 Å². The minimum atomic E-state index is -4.48.